The predicted octanol–water partition coefficient (Wildman–Crippen LogP) is 5.68. The molecular weight excluding hydrogens is 343 g/mol. The topological polar surface area (TPSA) is 26.3 Å². The van der Waals surface area contributed by atoms with Gasteiger partial charge in [0.05, 0.1) is 0 Å². The van der Waals surface area contributed by atoms with Crippen LogP contribution in [0.4, 0.5) is 0 Å². The fourth-order valence-electron chi connectivity index (χ4n) is 2.97. The predicted molar refractivity (Wildman–Crippen MR) is 85.9 cm³/mol. The molecule has 0 saturated carbocycles. The number of carbonyl (C=O) groups excluding carboxylic acids is 1. The summed E-state index contributed by atoms with van der Waals surface area (Å²) in [6.07, 6.45) is 10.4. The van der Waals surface area contributed by atoms with Crippen LogP contribution >= 0.6 is 0 Å². The zero-order valence-electron chi connectivity index (χ0n) is 13.6. The quantitative estimate of drug-likeness (QED) is 0.323. The molecule has 0 saturated heterocycles. The molecule has 0 aromatic carbocycles. The molecule has 0 heterocycles. The minimum atomic E-state index is -2.59. The minimum absolute atomic E-state index is 0.0244. The third kappa shape index (κ3) is 9.75. The molecule has 2 nitrogen and oxygen atoms in total. The van der Waals surface area contributed by atoms with Crippen molar-refractivity contribution in [2.24, 2.45) is 0 Å². The molecule has 0 amide bonds. The Kier molecular flexibility index (Phi) is 12.2. The second-order valence-corrected chi connectivity index (χ2v) is 17.4. The van der Waals surface area contributed by atoms with E-state index in [1.807, 2.05) is 0 Å². The van der Waals surface area contributed by atoms with Crippen LogP contribution in [0, 0.1) is 0 Å². The van der Waals surface area contributed by atoms with Crippen molar-refractivity contribution in [2.75, 3.05) is 0 Å². The van der Waals surface area contributed by atoms with Gasteiger partial charge in [0.25, 0.3) is 0 Å². The first kappa shape index (κ1) is 19.3. The average Bonchev–Trinajstić information content (AvgIpc) is 2.33. The van der Waals surface area contributed by atoms with Crippen molar-refractivity contribution in [3.05, 3.63) is 0 Å². The SMILES string of the molecule is CCCCCCC[CH2][Sn]([CH2]CC)([CH2]CC)[O]C(C)=O. The molecule has 0 spiro atoms. The van der Waals surface area contributed by atoms with E-state index in [0.717, 1.165) is 0 Å². The molecule has 0 atom stereocenters. The van der Waals surface area contributed by atoms with Gasteiger partial charge in [-0.15, -0.1) is 0 Å². The van der Waals surface area contributed by atoms with Crippen molar-refractivity contribution in [2.45, 2.75) is 92.4 Å². The van der Waals surface area contributed by atoms with Crippen LogP contribution in [0.15, 0.2) is 0 Å². The molecule has 3 heteroatoms. The van der Waals surface area contributed by atoms with Crippen molar-refractivity contribution in [3.8, 4) is 0 Å². The van der Waals surface area contributed by atoms with Crippen molar-refractivity contribution in [1.29, 1.82) is 0 Å². The maximum atomic E-state index is 11.4. The summed E-state index contributed by atoms with van der Waals surface area (Å²) < 4.78 is 9.61. The summed E-state index contributed by atoms with van der Waals surface area (Å²) >= 11 is -2.59. The molecule has 0 N–H and O–H groups in total. The van der Waals surface area contributed by atoms with Gasteiger partial charge in [0.1, 0.15) is 0 Å². The first-order chi connectivity index (χ1) is 9.10. The van der Waals surface area contributed by atoms with Crippen LogP contribution in [0.5, 0.6) is 0 Å². The van der Waals surface area contributed by atoms with Gasteiger partial charge in [-0.25, -0.2) is 0 Å². The summed E-state index contributed by atoms with van der Waals surface area (Å²) in [6, 6.07) is 0. The van der Waals surface area contributed by atoms with Crippen molar-refractivity contribution in [1.82, 2.24) is 0 Å². The molecule has 0 radical (unpaired) electrons. The number of rotatable bonds is 12. The van der Waals surface area contributed by atoms with Gasteiger partial charge in [0, 0.05) is 0 Å². The average molecular weight is 377 g/mol. The molecule has 0 aromatic heterocycles. The molecule has 0 aliphatic carbocycles. The molecule has 0 rings (SSSR count). The van der Waals surface area contributed by atoms with E-state index in [2.05, 4.69) is 20.8 Å². The first-order valence-electron chi connectivity index (χ1n) is 8.29. The first-order valence-corrected chi connectivity index (χ1v) is 15.5. The van der Waals surface area contributed by atoms with E-state index in [1.165, 1.54) is 64.7 Å². The zero-order chi connectivity index (χ0) is 14.6. The van der Waals surface area contributed by atoms with Crippen LogP contribution in [0.1, 0.15) is 79.1 Å². The molecule has 0 aromatic rings. The summed E-state index contributed by atoms with van der Waals surface area (Å²) in [4.78, 5) is 11.4. The summed E-state index contributed by atoms with van der Waals surface area (Å²) in [5, 5.41) is 0. The third-order valence-corrected chi connectivity index (χ3v) is 17.5. The Morgan fingerprint density at radius 3 is 1.79 bits per heavy atom. The molecule has 19 heavy (non-hydrogen) atoms. The van der Waals surface area contributed by atoms with Crippen molar-refractivity contribution in [3.63, 3.8) is 0 Å². The van der Waals surface area contributed by atoms with Gasteiger partial charge in [-0.05, 0) is 0 Å². The molecule has 114 valence electrons. The Morgan fingerprint density at radius 1 is 0.789 bits per heavy atom. The fourth-order valence-corrected chi connectivity index (χ4v) is 15.5. The monoisotopic (exact) mass is 378 g/mol. The van der Waals surface area contributed by atoms with Gasteiger partial charge in [0.2, 0.25) is 0 Å². The van der Waals surface area contributed by atoms with E-state index in [9.17, 15) is 4.79 Å². The number of carbonyl (C=O) groups is 1. The molecule has 0 aliphatic heterocycles. The van der Waals surface area contributed by atoms with Gasteiger partial charge in [0.15, 0.2) is 0 Å². The van der Waals surface area contributed by atoms with E-state index >= 15 is 0 Å². The third-order valence-electron chi connectivity index (χ3n) is 3.76. The van der Waals surface area contributed by atoms with E-state index in [0.29, 0.717) is 0 Å². The molecule has 0 unspecified atom stereocenters. The summed E-state index contributed by atoms with van der Waals surface area (Å²) in [6.45, 7) is 8.31. The number of hydrogen-bond donors (Lipinski definition) is 0. The molecule has 0 bridgehead atoms. The second kappa shape index (κ2) is 12.0. The van der Waals surface area contributed by atoms with Gasteiger partial charge in [-0.2, -0.15) is 0 Å². The Morgan fingerprint density at radius 2 is 1.32 bits per heavy atom. The van der Waals surface area contributed by atoms with Crippen LogP contribution < -0.4 is 0 Å². The van der Waals surface area contributed by atoms with E-state index < -0.39 is 18.8 Å². The standard InChI is InChI=1S/C8H17.2C3H7.C2H4O2.Sn/c1-3-5-7-8-6-4-2;2*1-3-2;1-2(3)4;/h1,3-8H2,2H3;2*1,3H2,2H3;1H3,(H,3,4);/q;;;;+1/p-1. The Bertz CT molecular complexity index is 223. The van der Waals surface area contributed by atoms with E-state index in [-0.39, 0.29) is 5.97 Å². The van der Waals surface area contributed by atoms with Gasteiger partial charge < -0.3 is 0 Å². The van der Waals surface area contributed by atoms with E-state index in [4.69, 9.17) is 3.07 Å². The summed E-state index contributed by atoms with van der Waals surface area (Å²) in [7, 11) is 0. The van der Waals surface area contributed by atoms with Crippen LogP contribution in [0.3, 0.4) is 0 Å². The normalized spacial score (nSPS) is 11.6. The van der Waals surface area contributed by atoms with Crippen LogP contribution in [-0.4, -0.2) is 24.8 Å². The van der Waals surface area contributed by atoms with Gasteiger partial charge in [-0.3, -0.25) is 0 Å². The number of unbranched alkanes of at least 4 members (excludes halogenated alkanes) is 5. The maximum absolute atomic E-state index is 11.4. The van der Waals surface area contributed by atoms with Crippen LogP contribution in [0.2, 0.25) is 13.3 Å². The van der Waals surface area contributed by atoms with Gasteiger partial charge in [-0.1, -0.05) is 0 Å². The van der Waals surface area contributed by atoms with Crippen LogP contribution in [-0.2, 0) is 7.87 Å². The summed E-state index contributed by atoms with van der Waals surface area (Å²) in [5.74, 6) is -0.0244. The number of hydrogen-bond acceptors (Lipinski definition) is 2. The Labute approximate surface area is 125 Å². The molecular formula is C16H34O2Sn. The Balaban J connectivity index is 4.18. The molecule has 0 aliphatic rings. The van der Waals surface area contributed by atoms with E-state index in [1.54, 1.807) is 6.92 Å². The fraction of sp³-hybridized carbons (Fsp3) is 0.938. The van der Waals surface area contributed by atoms with Crippen molar-refractivity contribution >= 4 is 24.8 Å². The van der Waals surface area contributed by atoms with Gasteiger partial charge >= 0.3 is 125 Å². The van der Waals surface area contributed by atoms with Crippen molar-refractivity contribution < 1.29 is 7.87 Å². The summed E-state index contributed by atoms with van der Waals surface area (Å²) in [5.41, 5.74) is 0. The Hall–Kier alpha value is 0.269. The second-order valence-electron chi connectivity index (χ2n) is 5.79. The molecule has 0 fully saturated rings. The zero-order valence-corrected chi connectivity index (χ0v) is 16.4. The van der Waals surface area contributed by atoms with Crippen LogP contribution in [0.25, 0.3) is 0 Å².